The highest BCUT2D eigenvalue weighted by molar-refractivity contribution is 6.01. The molecule has 0 aromatic heterocycles. The lowest BCUT2D eigenvalue weighted by atomic mass is 10.1. The molecule has 182 valence electrons. The van der Waals surface area contributed by atoms with Gasteiger partial charge < -0.3 is 24.2 Å². The van der Waals surface area contributed by atoms with Crippen LogP contribution in [0.1, 0.15) is 41.6 Å². The highest BCUT2D eigenvalue weighted by Gasteiger charge is 2.29. The van der Waals surface area contributed by atoms with Crippen molar-refractivity contribution in [1.29, 1.82) is 0 Å². The predicted molar refractivity (Wildman–Crippen MR) is 133 cm³/mol. The van der Waals surface area contributed by atoms with Gasteiger partial charge in [-0.1, -0.05) is 12.5 Å². The molecule has 0 radical (unpaired) electrons. The van der Waals surface area contributed by atoms with E-state index in [1.54, 1.807) is 29.0 Å². The number of rotatable bonds is 8. The van der Waals surface area contributed by atoms with Crippen LogP contribution in [0.15, 0.2) is 42.5 Å². The van der Waals surface area contributed by atoms with Crippen molar-refractivity contribution >= 4 is 17.5 Å². The first-order valence-corrected chi connectivity index (χ1v) is 12.2. The van der Waals surface area contributed by atoms with Crippen LogP contribution in [0.3, 0.4) is 0 Å². The average Bonchev–Trinajstić information content (AvgIpc) is 2.87. The molecule has 2 fully saturated rings. The summed E-state index contributed by atoms with van der Waals surface area (Å²) >= 11 is 0. The first-order valence-electron chi connectivity index (χ1n) is 12.2. The molecule has 2 aromatic carbocycles. The summed E-state index contributed by atoms with van der Waals surface area (Å²) in [5, 5.41) is 0. The summed E-state index contributed by atoms with van der Waals surface area (Å²) < 4.78 is 11.2. The summed E-state index contributed by atoms with van der Waals surface area (Å²) in [6, 6.07) is 13.0. The molecule has 2 heterocycles. The van der Waals surface area contributed by atoms with Crippen molar-refractivity contribution in [3.63, 3.8) is 0 Å². The Bertz CT molecular complexity index is 986. The van der Waals surface area contributed by atoms with Crippen LogP contribution in [0.4, 0.5) is 5.69 Å². The van der Waals surface area contributed by atoms with Gasteiger partial charge in [0.25, 0.3) is 5.91 Å². The van der Waals surface area contributed by atoms with Crippen LogP contribution in [0.25, 0.3) is 0 Å². The summed E-state index contributed by atoms with van der Waals surface area (Å²) in [6.07, 6.45) is 4.99. The lowest BCUT2D eigenvalue weighted by molar-refractivity contribution is -0.120. The van der Waals surface area contributed by atoms with Gasteiger partial charge in [0.1, 0.15) is 18.0 Å². The summed E-state index contributed by atoms with van der Waals surface area (Å²) in [5.41, 5.74) is 2.33. The first-order chi connectivity index (χ1) is 16.5. The van der Waals surface area contributed by atoms with E-state index in [1.807, 2.05) is 37.3 Å². The van der Waals surface area contributed by atoms with Crippen molar-refractivity contribution in [2.45, 2.75) is 32.6 Å². The zero-order chi connectivity index (χ0) is 23.9. The normalized spacial score (nSPS) is 17.1. The Kier molecular flexibility index (Phi) is 8.06. The van der Waals surface area contributed by atoms with Gasteiger partial charge in [-0.15, -0.1) is 0 Å². The molecule has 0 spiro atoms. The SMILES string of the molecule is COc1cc(C(=O)N2CCN(c3ccc(OCCCN4CCCCC4)cc3)C(=O)C2)ccc1C. The maximum atomic E-state index is 12.9. The third-order valence-electron chi connectivity index (χ3n) is 6.65. The van der Waals surface area contributed by atoms with E-state index in [0.717, 1.165) is 30.0 Å². The highest BCUT2D eigenvalue weighted by atomic mass is 16.5. The van der Waals surface area contributed by atoms with Crippen LogP contribution in [0.2, 0.25) is 0 Å². The van der Waals surface area contributed by atoms with Gasteiger partial charge in [0.2, 0.25) is 5.91 Å². The molecule has 34 heavy (non-hydrogen) atoms. The second-order valence-corrected chi connectivity index (χ2v) is 9.05. The monoisotopic (exact) mass is 465 g/mol. The molecule has 2 amide bonds. The van der Waals surface area contributed by atoms with Crippen LogP contribution in [0.5, 0.6) is 11.5 Å². The van der Waals surface area contributed by atoms with Crippen molar-refractivity contribution < 1.29 is 19.1 Å². The topological polar surface area (TPSA) is 62.3 Å². The number of likely N-dealkylation sites (tertiary alicyclic amines) is 1. The third-order valence-corrected chi connectivity index (χ3v) is 6.65. The number of piperazine rings is 1. The number of carbonyl (C=O) groups excluding carboxylic acids is 2. The fraction of sp³-hybridized carbons (Fsp3) is 0.481. The lowest BCUT2D eigenvalue weighted by Crippen LogP contribution is -2.52. The van der Waals surface area contributed by atoms with Crippen LogP contribution in [0, 0.1) is 6.92 Å². The number of methoxy groups -OCH3 is 1. The maximum Gasteiger partial charge on any atom is 0.254 e. The van der Waals surface area contributed by atoms with Crippen LogP contribution >= 0.6 is 0 Å². The summed E-state index contributed by atoms with van der Waals surface area (Å²) in [7, 11) is 1.59. The molecular weight excluding hydrogens is 430 g/mol. The van der Waals surface area contributed by atoms with E-state index in [9.17, 15) is 9.59 Å². The molecule has 0 atom stereocenters. The van der Waals surface area contributed by atoms with Crippen molar-refractivity contribution in [3.8, 4) is 11.5 Å². The van der Waals surface area contributed by atoms with Gasteiger partial charge in [0.15, 0.2) is 0 Å². The predicted octanol–water partition coefficient (Wildman–Crippen LogP) is 3.75. The molecule has 7 heteroatoms. The minimum atomic E-state index is -0.153. The van der Waals surface area contributed by atoms with Gasteiger partial charge in [-0.2, -0.15) is 0 Å². The Morgan fingerprint density at radius 1 is 0.971 bits per heavy atom. The molecule has 2 aliphatic heterocycles. The molecule has 2 aromatic rings. The van der Waals surface area contributed by atoms with Gasteiger partial charge in [-0.25, -0.2) is 0 Å². The highest BCUT2D eigenvalue weighted by Crippen LogP contribution is 2.24. The van der Waals surface area contributed by atoms with Crippen molar-refractivity contribution in [3.05, 3.63) is 53.6 Å². The number of nitrogens with zero attached hydrogens (tertiary/aromatic N) is 3. The zero-order valence-corrected chi connectivity index (χ0v) is 20.3. The number of amides is 2. The average molecular weight is 466 g/mol. The molecule has 2 aliphatic rings. The Labute approximate surface area is 202 Å². The van der Waals surface area contributed by atoms with E-state index in [2.05, 4.69) is 4.90 Å². The van der Waals surface area contributed by atoms with Crippen LogP contribution in [-0.2, 0) is 4.79 Å². The number of hydrogen-bond donors (Lipinski definition) is 0. The molecule has 0 aliphatic carbocycles. The van der Waals surface area contributed by atoms with E-state index >= 15 is 0 Å². The minimum Gasteiger partial charge on any atom is -0.496 e. The second-order valence-electron chi connectivity index (χ2n) is 9.05. The van der Waals surface area contributed by atoms with Crippen molar-refractivity contribution in [2.24, 2.45) is 0 Å². The largest absolute Gasteiger partial charge is 0.496 e. The quantitative estimate of drug-likeness (QED) is 0.556. The number of piperidine rings is 1. The maximum absolute atomic E-state index is 12.9. The fourth-order valence-electron chi connectivity index (χ4n) is 4.64. The smallest absolute Gasteiger partial charge is 0.254 e. The number of hydrogen-bond acceptors (Lipinski definition) is 5. The third kappa shape index (κ3) is 5.89. The molecule has 0 N–H and O–H groups in total. The van der Waals surface area contributed by atoms with Gasteiger partial charge >= 0.3 is 0 Å². The van der Waals surface area contributed by atoms with Gasteiger partial charge in [0.05, 0.1) is 13.7 Å². The second kappa shape index (κ2) is 11.4. The summed E-state index contributed by atoms with van der Waals surface area (Å²) in [5.74, 6) is 1.25. The van der Waals surface area contributed by atoms with Gasteiger partial charge in [-0.3, -0.25) is 9.59 Å². The summed E-state index contributed by atoms with van der Waals surface area (Å²) in [4.78, 5) is 31.6. The molecule has 2 saturated heterocycles. The molecule has 0 bridgehead atoms. The first kappa shape index (κ1) is 24.1. The number of carbonyl (C=O) groups is 2. The Morgan fingerprint density at radius 3 is 2.44 bits per heavy atom. The van der Waals surface area contributed by atoms with E-state index in [0.29, 0.717) is 31.0 Å². The molecule has 7 nitrogen and oxygen atoms in total. The lowest BCUT2D eigenvalue weighted by Gasteiger charge is -2.34. The van der Waals surface area contributed by atoms with Gasteiger partial charge in [-0.05, 0) is 81.2 Å². The van der Waals surface area contributed by atoms with E-state index in [4.69, 9.17) is 9.47 Å². The Balaban J connectivity index is 1.27. The molecule has 0 saturated carbocycles. The van der Waals surface area contributed by atoms with E-state index in [1.165, 1.54) is 32.4 Å². The molecule has 4 rings (SSSR count). The number of benzene rings is 2. The van der Waals surface area contributed by atoms with Crippen LogP contribution in [-0.4, -0.2) is 74.6 Å². The van der Waals surface area contributed by atoms with Crippen molar-refractivity contribution in [2.75, 3.05) is 57.9 Å². The molecule has 0 unspecified atom stereocenters. The van der Waals surface area contributed by atoms with Crippen molar-refractivity contribution in [1.82, 2.24) is 9.80 Å². The zero-order valence-electron chi connectivity index (χ0n) is 20.3. The number of anilines is 1. The Hall–Kier alpha value is -3.06. The van der Waals surface area contributed by atoms with Gasteiger partial charge in [0, 0.05) is 30.9 Å². The van der Waals surface area contributed by atoms with E-state index < -0.39 is 0 Å². The summed E-state index contributed by atoms with van der Waals surface area (Å²) in [6.45, 7) is 7.14. The van der Waals surface area contributed by atoms with E-state index in [-0.39, 0.29) is 18.4 Å². The van der Waals surface area contributed by atoms with Crippen LogP contribution < -0.4 is 14.4 Å². The molecular formula is C27H35N3O4. The minimum absolute atomic E-state index is 0.0593. The standard InChI is InChI=1S/C27H35N3O4/c1-21-7-8-22(19-25(21)33-2)27(32)29-16-17-30(26(31)20-29)23-9-11-24(12-10-23)34-18-6-15-28-13-4-3-5-14-28/h7-12,19H,3-6,13-18,20H2,1-2H3. The Morgan fingerprint density at radius 2 is 1.74 bits per heavy atom. The number of ether oxygens (including phenoxy) is 2. The fourth-order valence-corrected chi connectivity index (χ4v) is 4.64. The number of aryl methyl sites for hydroxylation is 1.